The molecule has 3 N–H and O–H groups in total. The van der Waals surface area contributed by atoms with E-state index in [0.717, 1.165) is 46.0 Å². The number of nitrogens with one attached hydrogen (secondary N) is 2. The third-order valence-corrected chi connectivity index (χ3v) is 4.67. The van der Waals surface area contributed by atoms with Gasteiger partial charge in [-0.25, -0.2) is 14.5 Å². The molecule has 136 valence electrons. The maximum absolute atomic E-state index is 11.7. The number of carbonyl (C=O) groups is 1. The second kappa shape index (κ2) is 6.40. The van der Waals surface area contributed by atoms with E-state index in [4.69, 9.17) is 0 Å². The molecule has 0 atom stereocenters. The molecular weight excluding hydrogens is 368 g/mol. The number of rotatable bonds is 3. The minimum atomic E-state index is -1.01. The zero-order valence-corrected chi connectivity index (χ0v) is 14.8. The van der Waals surface area contributed by atoms with Crippen molar-refractivity contribution in [2.45, 2.75) is 12.8 Å². The molecule has 1 aliphatic rings. The van der Waals surface area contributed by atoms with Gasteiger partial charge in [0.25, 0.3) is 0 Å². The second-order valence-electron chi connectivity index (χ2n) is 6.14. The summed E-state index contributed by atoms with van der Waals surface area (Å²) in [5, 5.41) is 21.0. The van der Waals surface area contributed by atoms with Crippen molar-refractivity contribution < 1.29 is 9.90 Å². The van der Waals surface area contributed by atoms with Crippen molar-refractivity contribution in [2.75, 3.05) is 0 Å². The van der Waals surface area contributed by atoms with Gasteiger partial charge in [0.05, 0.1) is 17.6 Å². The van der Waals surface area contributed by atoms with Gasteiger partial charge in [0.2, 0.25) is 0 Å². The first-order valence-electron chi connectivity index (χ1n) is 8.20. The number of aryl methyl sites for hydroxylation is 1. The number of aromatic nitrogens is 6. The Labute approximate surface area is 159 Å². The number of hydrogen-bond acceptors (Lipinski definition) is 4. The number of aromatic amines is 2. The Morgan fingerprint density at radius 3 is 2.70 bits per heavy atom. The maximum Gasteiger partial charge on any atom is 0.356 e. The largest absolute Gasteiger partial charge is 0.476 e. The Bertz CT molecular complexity index is 1110. The van der Waals surface area contributed by atoms with Gasteiger partial charge in [0.1, 0.15) is 5.82 Å². The molecule has 9 heteroatoms. The molecule has 0 saturated carbocycles. The third-order valence-electron chi connectivity index (χ3n) is 4.67. The molecule has 4 aromatic rings. The van der Waals surface area contributed by atoms with Crippen LogP contribution in [-0.4, -0.2) is 41.0 Å². The van der Waals surface area contributed by atoms with Crippen molar-refractivity contribution in [1.82, 2.24) is 29.9 Å². The number of H-pyrrole nitrogens is 2. The van der Waals surface area contributed by atoms with Crippen LogP contribution in [0.25, 0.3) is 28.3 Å². The monoisotopic (exact) mass is 382 g/mol. The molecule has 3 aromatic heterocycles. The van der Waals surface area contributed by atoms with E-state index in [2.05, 4.69) is 25.3 Å². The van der Waals surface area contributed by atoms with Crippen LogP contribution in [0.4, 0.5) is 0 Å². The van der Waals surface area contributed by atoms with Crippen LogP contribution in [0.3, 0.4) is 0 Å². The van der Waals surface area contributed by atoms with E-state index in [-0.39, 0.29) is 18.1 Å². The first-order chi connectivity index (χ1) is 12.7. The van der Waals surface area contributed by atoms with E-state index < -0.39 is 5.97 Å². The number of benzene rings is 1. The lowest BCUT2D eigenvalue weighted by atomic mass is 9.94. The van der Waals surface area contributed by atoms with Crippen LogP contribution < -0.4 is 0 Å². The molecule has 5 rings (SSSR count). The molecular formula is C18H15ClN6O2. The van der Waals surface area contributed by atoms with Crippen LogP contribution in [0.5, 0.6) is 0 Å². The van der Waals surface area contributed by atoms with E-state index >= 15 is 0 Å². The number of aromatic carboxylic acids is 1. The topological polar surface area (TPSA) is 112 Å². The van der Waals surface area contributed by atoms with Crippen molar-refractivity contribution in [3.63, 3.8) is 0 Å². The predicted molar refractivity (Wildman–Crippen MR) is 100 cm³/mol. The molecule has 0 aliphatic heterocycles. The van der Waals surface area contributed by atoms with Crippen LogP contribution in [-0.2, 0) is 12.8 Å². The summed E-state index contributed by atoms with van der Waals surface area (Å²) in [7, 11) is 0. The first kappa shape index (κ1) is 17.0. The number of halogens is 1. The number of carboxylic acid groups (broad SMARTS) is 1. The number of nitrogens with zero attached hydrogens (tertiary/aromatic N) is 4. The first-order valence-corrected chi connectivity index (χ1v) is 8.20. The van der Waals surface area contributed by atoms with Gasteiger partial charge in [0, 0.05) is 34.8 Å². The average molecular weight is 383 g/mol. The van der Waals surface area contributed by atoms with E-state index in [0.29, 0.717) is 6.42 Å². The van der Waals surface area contributed by atoms with Crippen LogP contribution in [0.2, 0.25) is 0 Å². The third kappa shape index (κ3) is 2.61. The highest BCUT2D eigenvalue weighted by Gasteiger charge is 2.29. The highest BCUT2D eigenvalue weighted by atomic mass is 35.5. The van der Waals surface area contributed by atoms with Crippen molar-refractivity contribution in [3.05, 3.63) is 59.8 Å². The lowest BCUT2D eigenvalue weighted by Gasteiger charge is -2.14. The Morgan fingerprint density at radius 2 is 2.00 bits per heavy atom. The molecule has 8 nitrogen and oxygen atoms in total. The van der Waals surface area contributed by atoms with Gasteiger partial charge in [-0.1, -0.05) is 0 Å². The fourth-order valence-electron chi connectivity index (χ4n) is 3.46. The van der Waals surface area contributed by atoms with Gasteiger partial charge in [0.15, 0.2) is 5.69 Å². The van der Waals surface area contributed by atoms with Crippen LogP contribution in [0, 0.1) is 0 Å². The Hall–Kier alpha value is -3.39. The van der Waals surface area contributed by atoms with Crippen LogP contribution in [0.15, 0.2) is 42.9 Å². The van der Waals surface area contributed by atoms with Crippen molar-refractivity contribution in [3.8, 4) is 28.3 Å². The van der Waals surface area contributed by atoms with Crippen LogP contribution >= 0.6 is 12.4 Å². The molecule has 0 amide bonds. The summed E-state index contributed by atoms with van der Waals surface area (Å²) in [5.74, 6) is -0.235. The summed E-state index contributed by atoms with van der Waals surface area (Å²) in [6.07, 6.45) is 6.55. The Morgan fingerprint density at radius 1 is 1.19 bits per heavy atom. The highest BCUT2D eigenvalue weighted by molar-refractivity contribution is 5.91. The summed E-state index contributed by atoms with van der Waals surface area (Å²) in [6.45, 7) is 0. The van der Waals surface area contributed by atoms with Crippen molar-refractivity contribution in [2.24, 2.45) is 0 Å². The van der Waals surface area contributed by atoms with Gasteiger partial charge in [-0.05, 0) is 37.1 Å². The average Bonchev–Trinajstić information content (AvgIpc) is 3.39. The van der Waals surface area contributed by atoms with Gasteiger partial charge in [-0.2, -0.15) is 10.2 Å². The van der Waals surface area contributed by atoms with Gasteiger partial charge >= 0.3 is 5.97 Å². The molecule has 0 spiro atoms. The minimum Gasteiger partial charge on any atom is -0.476 e. The minimum absolute atomic E-state index is 0. The number of fused-ring (bicyclic) bond motifs is 3. The summed E-state index contributed by atoms with van der Waals surface area (Å²) >= 11 is 0. The molecule has 0 radical (unpaired) electrons. The molecule has 27 heavy (non-hydrogen) atoms. The van der Waals surface area contributed by atoms with E-state index in [1.807, 2.05) is 24.3 Å². The zero-order chi connectivity index (χ0) is 17.7. The second-order valence-corrected chi connectivity index (χ2v) is 6.14. The van der Waals surface area contributed by atoms with Gasteiger partial charge in [-0.15, -0.1) is 12.4 Å². The van der Waals surface area contributed by atoms with Crippen LogP contribution in [0.1, 0.15) is 21.7 Å². The summed E-state index contributed by atoms with van der Waals surface area (Å²) in [4.78, 5) is 19.0. The number of imidazole rings is 1. The zero-order valence-electron chi connectivity index (χ0n) is 14.0. The van der Waals surface area contributed by atoms with Gasteiger partial charge < -0.3 is 10.1 Å². The molecule has 0 saturated heterocycles. The number of carboxylic acids is 1. The number of hydrogen-bond donors (Lipinski definition) is 3. The van der Waals surface area contributed by atoms with Gasteiger partial charge in [-0.3, -0.25) is 5.10 Å². The standard InChI is InChI=1S/C18H14N6O2.ClH/c25-18(26)15-12-5-6-14-13(9-21-22-14)16(12)24(23-15)11-3-1-10(2-4-11)17-19-7-8-20-17;/h1-4,7-9H,5-6H2,(H,19,20)(H,21,22)(H,25,26);1H. The fourth-order valence-corrected chi connectivity index (χ4v) is 3.46. The van der Waals surface area contributed by atoms with E-state index in [1.165, 1.54) is 0 Å². The molecule has 1 aromatic carbocycles. The molecule has 0 fully saturated rings. The molecule has 0 bridgehead atoms. The lowest BCUT2D eigenvalue weighted by Crippen LogP contribution is -2.07. The summed E-state index contributed by atoms with van der Waals surface area (Å²) < 4.78 is 1.69. The Kier molecular flexibility index (Phi) is 4.04. The smallest absolute Gasteiger partial charge is 0.356 e. The molecule has 0 unspecified atom stereocenters. The molecule has 1 aliphatic carbocycles. The van der Waals surface area contributed by atoms with Crippen molar-refractivity contribution >= 4 is 18.4 Å². The SMILES string of the molecule is Cl.O=C(O)c1nn(-c2ccc(-c3ncc[nH]3)cc2)c2c1CCc1[nH]ncc1-2. The maximum atomic E-state index is 11.7. The quantitative estimate of drug-likeness (QED) is 0.504. The van der Waals surface area contributed by atoms with Crippen molar-refractivity contribution in [1.29, 1.82) is 0 Å². The highest BCUT2D eigenvalue weighted by Crippen LogP contribution is 2.36. The fraction of sp³-hybridized carbons (Fsp3) is 0.111. The van der Waals surface area contributed by atoms with E-state index in [1.54, 1.807) is 23.3 Å². The Balaban J connectivity index is 0.00000180. The molecule has 3 heterocycles. The predicted octanol–water partition coefficient (Wildman–Crippen LogP) is 2.87. The lowest BCUT2D eigenvalue weighted by molar-refractivity contribution is 0.0688. The van der Waals surface area contributed by atoms with E-state index in [9.17, 15) is 9.90 Å². The summed E-state index contributed by atoms with van der Waals surface area (Å²) in [6, 6.07) is 7.68. The summed E-state index contributed by atoms with van der Waals surface area (Å²) in [5.41, 5.74) is 5.29. The normalized spacial score (nSPS) is 12.1.